The van der Waals surface area contributed by atoms with E-state index in [0.717, 1.165) is 0 Å². The van der Waals surface area contributed by atoms with Gasteiger partial charge in [-0.3, -0.25) is 4.72 Å². The Morgan fingerprint density at radius 1 is 1.00 bits per heavy atom. The molecule has 2 aromatic carbocycles. The van der Waals surface area contributed by atoms with Gasteiger partial charge in [-0.1, -0.05) is 29.8 Å². The van der Waals surface area contributed by atoms with E-state index in [4.69, 9.17) is 16.0 Å². The molecule has 5 nitrogen and oxygen atoms in total. The van der Waals surface area contributed by atoms with Gasteiger partial charge in [-0.05, 0) is 36.4 Å². The topological polar surface area (TPSA) is 76.4 Å². The molecular weight excluding hydrogens is 326 g/mol. The first-order valence-electron chi connectivity index (χ1n) is 6.27. The monoisotopic (exact) mass is 335 g/mol. The third kappa shape index (κ3) is 2.84. The number of sulfonamides is 1. The smallest absolute Gasteiger partial charge is 0.360 e. The van der Waals surface area contributed by atoms with E-state index in [9.17, 15) is 13.2 Å². The van der Waals surface area contributed by atoms with Crippen LogP contribution in [0.15, 0.2) is 68.7 Å². The van der Waals surface area contributed by atoms with Crippen LogP contribution in [-0.2, 0) is 10.0 Å². The van der Waals surface area contributed by atoms with E-state index in [1.54, 1.807) is 24.3 Å². The maximum absolute atomic E-state index is 12.3. The van der Waals surface area contributed by atoms with Gasteiger partial charge in [0, 0.05) is 10.4 Å². The van der Waals surface area contributed by atoms with Crippen molar-refractivity contribution in [2.45, 2.75) is 4.90 Å². The van der Waals surface area contributed by atoms with Crippen molar-refractivity contribution in [3.63, 3.8) is 0 Å². The van der Waals surface area contributed by atoms with Gasteiger partial charge in [-0.2, -0.15) is 0 Å². The highest BCUT2D eigenvalue weighted by Gasteiger charge is 2.17. The van der Waals surface area contributed by atoms with Gasteiger partial charge in [0.1, 0.15) is 11.3 Å². The van der Waals surface area contributed by atoms with Crippen LogP contribution in [0.25, 0.3) is 11.0 Å². The minimum absolute atomic E-state index is 0.00413. The van der Waals surface area contributed by atoms with Gasteiger partial charge in [-0.25, -0.2) is 13.2 Å². The minimum Gasteiger partial charge on any atom is -0.421 e. The third-order valence-corrected chi connectivity index (χ3v) is 4.64. The average molecular weight is 336 g/mol. The Bertz CT molecular complexity index is 994. The largest absolute Gasteiger partial charge is 0.421 e. The normalized spacial score (nSPS) is 11.5. The second-order valence-electron chi connectivity index (χ2n) is 4.54. The van der Waals surface area contributed by atoms with Gasteiger partial charge >= 0.3 is 5.63 Å². The van der Waals surface area contributed by atoms with Crippen LogP contribution in [0, 0.1) is 0 Å². The van der Waals surface area contributed by atoms with E-state index < -0.39 is 15.6 Å². The number of halogens is 1. The molecule has 0 aliphatic rings. The zero-order valence-electron chi connectivity index (χ0n) is 11.1. The fourth-order valence-corrected chi connectivity index (χ4v) is 3.12. The first-order chi connectivity index (χ1) is 10.5. The van der Waals surface area contributed by atoms with E-state index in [1.807, 2.05) is 0 Å². The number of hydrogen-bond acceptors (Lipinski definition) is 4. The summed E-state index contributed by atoms with van der Waals surface area (Å²) in [5, 5.41) is 1.04. The summed E-state index contributed by atoms with van der Waals surface area (Å²) in [5.74, 6) is 0. The van der Waals surface area contributed by atoms with Crippen LogP contribution in [0.1, 0.15) is 0 Å². The first-order valence-corrected chi connectivity index (χ1v) is 8.13. The molecular formula is C15H10ClNO4S. The van der Waals surface area contributed by atoms with Gasteiger partial charge in [0.05, 0.1) is 4.90 Å². The van der Waals surface area contributed by atoms with Crippen molar-refractivity contribution in [3.05, 3.63) is 70.0 Å². The van der Waals surface area contributed by atoms with E-state index in [0.29, 0.717) is 16.0 Å². The summed E-state index contributed by atoms with van der Waals surface area (Å²) in [6.07, 6.45) is 0. The van der Waals surface area contributed by atoms with E-state index in [1.165, 1.54) is 30.3 Å². The fourth-order valence-electron chi connectivity index (χ4n) is 1.95. The maximum atomic E-state index is 12.3. The maximum Gasteiger partial charge on any atom is 0.360 e. The lowest BCUT2D eigenvalue weighted by Gasteiger charge is -2.07. The first kappa shape index (κ1) is 14.6. The van der Waals surface area contributed by atoms with Crippen molar-refractivity contribution < 1.29 is 12.8 Å². The number of rotatable bonds is 3. The molecule has 1 aromatic heterocycles. The Morgan fingerprint density at radius 3 is 2.41 bits per heavy atom. The second-order valence-corrected chi connectivity index (χ2v) is 6.66. The van der Waals surface area contributed by atoms with Gasteiger partial charge < -0.3 is 4.42 Å². The molecule has 0 aliphatic carbocycles. The molecule has 0 spiro atoms. The Labute approximate surface area is 131 Å². The third-order valence-electron chi connectivity index (χ3n) is 3.01. The summed E-state index contributed by atoms with van der Waals surface area (Å²) in [4.78, 5) is 11.9. The van der Waals surface area contributed by atoms with Gasteiger partial charge in [0.15, 0.2) is 0 Å². The molecule has 1 heterocycles. The quantitative estimate of drug-likeness (QED) is 0.745. The highest BCUT2D eigenvalue weighted by molar-refractivity contribution is 7.92. The Hall–Kier alpha value is -2.31. The van der Waals surface area contributed by atoms with Crippen LogP contribution >= 0.6 is 11.6 Å². The number of anilines is 1. The van der Waals surface area contributed by atoms with Crippen molar-refractivity contribution in [1.29, 1.82) is 0 Å². The summed E-state index contributed by atoms with van der Waals surface area (Å²) in [6.45, 7) is 0. The zero-order chi connectivity index (χ0) is 15.7. The predicted molar refractivity (Wildman–Crippen MR) is 84.7 cm³/mol. The van der Waals surface area contributed by atoms with Gasteiger partial charge in [0.2, 0.25) is 0 Å². The highest BCUT2D eigenvalue weighted by atomic mass is 35.5. The molecule has 0 saturated heterocycles. The Morgan fingerprint density at radius 2 is 1.68 bits per heavy atom. The van der Waals surface area contributed by atoms with Crippen LogP contribution in [0.3, 0.4) is 0 Å². The summed E-state index contributed by atoms with van der Waals surface area (Å²) in [6, 6.07) is 13.9. The molecule has 0 radical (unpaired) electrons. The molecule has 7 heteroatoms. The lowest BCUT2D eigenvalue weighted by molar-refractivity contribution is 0.563. The summed E-state index contributed by atoms with van der Waals surface area (Å²) in [7, 11) is -3.89. The molecule has 0 bridgehead atoms. The molecule has 22 heavy (non-hydrogen) atoms. The molecule has 0 unspecified atom stereocenters. The van der Waals surface area contributed by atoms with Crippen molar-refractivity contribution >= 4 is 38.3 Å². The lowest BCUT2D eigenvalue weighted by atomic mass is 10.2. The standard InChI is InChI=1S/C15H10ClNO4S/c16-11-5-7-12(8-6-11)22(19,20)17-13-9-10-3-1-2-4-14(10)21-15(13)18/h1-9,17H. The van der Waals surface area contributed by atoms with Crippen molar-refractivity contribution in [3.8, 4) is 0 Å². The molecule has 1 N–H and O–H groups in total. The van der Waals surface area contributed by atoms with Gasteiger partial charge in [-0.15, -0.1) is 0 Å². The van der Waals surface area contributed by atoms with E-state index in [-0.39, 0.29) is 10.6 Å². The van der Waals surface area contributed by atoms with Crippen LogP contribution < -0.4 is 10.3 Å². The molecule has 0 fully saturated rings. The average Bonchev–Trinajstić information content (AvgIpc) is 2.48. The van der Waals surface area contributed by atoms with E-state index in [2.05, 4.69) is 4.72 Å². The molecule has 3 rings (SSSR count). The Balaban J connectivity index is 2.03. The fraction of sp³-hybridized carbons (Fsp3) is 0. The van der Waals surface area contributed by atoms with Crippen molar-refractivity contribution in [1.82, 2.24) is 0 Å². The Kier molecular flexibility index (Phi) is 3.64. The summed E-state index contributed by atoms with van der Waals surface area (Å²) >= 11 is 5.73. The number of benzene rings is 2. The van der Waals surface area contributed by atoms with Crippen LogP contribution in [0.2, 0.25) is 5.02 Å². The van der Waals surface area contributed by atoms with Crippen molar-refractivity contribution in [2.75, 3.05) is 4.72 Å². The predicted octanol–water partition coefficient (Wildman–Crippen LogP) is 3.25. The number of hydrogen-bond donors (Lipinski definition) is 1. The number of nitrogens with one attached hydrogen (secondary N) is 1. The second kappa shape index (κ2) is 5.47. The zero-order valence-corrected chi connectivity index (χ0v) is 12.7. The van der Waals surface area contributed by atoms with E-state index >= 15 is 0 Å². The number of fused-ring (bicyclic) bond motifs is 1. The number of para-hydroxylation sites is 1. The molecule has 112 valence electrons. The lowest BCUT2D eigenvalue weighted by Crippen LogP contribution is -2.18. The van der Waals surface area contributed by atoms with Crippen LogP contribution in [0.5, 0.6) is 0 Å². The molecule has 0 saturated carbocycles. The molecule has 0 aliphatic heterocycles. The van der Waals surface area contributed by atoms with Crippen LogP contribution in [0.4, 0.5) is 5.69 Å². The highest BCUT2D eigenvalue weighted by Crippen LogP contribution is 2.19. The minimum atomic E-state index is -3.89. The van der Waals surface area contributed by atoms with Crippen LogP contribution in [-0.4, -0.2) is 8.42 Å². The summed E-state index contributed by atoms with van der Waals surface area (Å²) < 4.78 is 31.9. The summed E-state index contributed by atoms with van der Waals surface area (Å²) in [5.41, 5.74) is -0.508. The molecule has 0 amide bonds. The SMILES string of the molecule is O=c1oc2ccccc2cc1NS(=O)(=O)c1ccc(Cl)cc1. The molecule has 3 aromatic rings. The molecule has 0 atom stereocenters. The van der Waals surface area contributed by atoms with Gasteiger partial charge in [0.25, 0.3) is 10.0 Å². The van der Waals surface area contributed by atoms with Crippen molar-refractivity contribution in [2.24, 2.45) is 0 Å².